The first-order valence-electron chi connectivity index (χ1n) is 10.6. The van der Waals surface area contributed by atoms with Crippen LogP contribution < -0.4 is 9.47 Å². The highest BCUT2D eigenvalue weighted by Gasteiger charge is 2.34. The smallest absolute Gasteiger partial charge is 0.256 e. The fourth-order valence-corrected chi connectivity index (χ4v) is 4.22. The van der Waals surface area contributed by atoms with Gasteiger partial charge in [-0.05, 0) is 30.3 Å². The monoisotopic (exact) mass is 466 g/mol. The van der Waals surface area contributed by atoms with Crippen molar-refractivity contribution in [3.8, 4) is 22.6 Å². The summed E-state index contributed by atoms with van der Waals surface area (Å²) >= 11 is 6.17. The van der Waals surface area contributed by atoms with Crippen molar-refractivity contribution in [3.63, 3.8) is 0 Å². The topological polar surface area (TPSA) is 68.7 Å². The largest absolute Gasteiger partial charge is 0.493 e. The SMILES string of the molecule is O=C1COc2cc(F)c(C(=O)N3CC(COc4ccc(Cl)cc4-c4cccnc4)C3)cc2C1. The van der Waals surface area contributed by atoms with Gasteiger partial charge in [-0.25, -0.2) is 4.39 Å². The lowest BCUT2D eigenvalue weighted by atomic mass is 9.97. The minimum atomic E-state index is -0.643. The number of hydrogen-bond donors (Lipinski definition) is 0. The normalized spacial score (nSPS) is 15.5. The van der Waals surface area contributed by atoms with Gasteiger partial charge < -0.3 is 14.4 Å². The molecular formula is C25H20ClFN2O4. The summed E-state index contributed by atoms with van der Waals surface area (Å²) in [7, 11) is 0. The van der Waals surface area contributed by atoms with Gasteiger partial charge in [0.2, 0.25) is 0 Å². The Morgan fingerprint density at radius 3 is 2.88 bits per heavy atom. The zero-order chi connectivity index (χ0) is 22.9. The number of carbonyl (C=O) groups is 2. The lowest BCUT2D eigenvalue weighted by molar-refractivity contribution is -0.121. The van der Waals surface area contributed by atoms with Crippen molar-refractivity contribution >= 4 is 23.3 Å². The van der Waals surface area contributed by atoms with Crippen LogP contribution in [-0.4, -0.2) is 47.9 Å². The van der Waals surface area contributed by atoms with Gasteiger partial charge in [-0.2, -0.15) is 0 Å². The first-order valence-corrected chi connectivity index (χ1v) is 10.9. The van der Waals surface area contributed by atoms with Gasteiger partial charge >= 0.3 is 0 Å². The number of halogens is 2. The molecule has 1 fully saturated rings. The zero-order valence-electron chi connectivity index (χ0n) is 17.6. The second kappa shape index (κ2) is 8.83. The third-order valence-electron chi connectivity index (χ3n) is 5.79. The van der Waals surface area contributed by atoms with Crippen LogP contribution in [0.1, 0.15) is 15.9 Å². The number of ketones is 1. The Morgan fingerprint density at radius 1 is 1.24 bits per heavy atom. The van der Waals surface area contributed by atoms with Gasteiger partial charge in [-0.1, -0.05) is 17.7 Å². The van der Waals surface area contributed by atoms with Crippen LogP contribution in [0.5, 0.6) is 11.5 Å². The van der Waals surface area contributed by atoms with Crippen LogP contribution in [-0.2, 0) is 11.2 Å². The lowest BCUT2D eigenvalue weighted by Crippen LogP contribution is -2.52. The summed E-state index contributed by atoms with van der Waals surface area (Å²) in [6.07, 6.45) is 3.59. The lowest BCUT2D eigenvalue weighted by Gasteiger charge is -2.39. The third kappa shape index (κ3) is 4.41. The summed E-state index contributed by atoms with van der Waals surface area (Å²) in [6.45, 7) is 1.26. The average molecular weight is 467 g/mol. The maximum atomic E-state index is 14.5. The first-order chi connectivity index (χ1) is 16.0. The highest BCUT2D eigenvalue weighted by molar-refractivity contribution is 6.31. The number of amides is 1. The van der Waals surface area contributed by atoms with E-state index in [0.29, 0.717) is 41.8 Å². The van der Waals surface area contributed by atoms with Crippen molar-refractivity contribution in [2.24, 2.45) is 5.92 Å². The molecule has 0 N–H and O–H groups in total. The van der Waals surface area contributed by atoms with Gasteiger partial charge in [0.25, 0.3) is 5.91 Å². The molecule has 0 spiro atoms. The second-order valence-electron chi connectivity index (χ2n) is 8.21. The van der Waals surface area contributed by atoms with Gasteiger partial charge in [0, 0.05) is 65.6 Å². The van der Waals surface area contributed by atoms with Crippen LogP contribution >= 0.6 is 11.6 Å². The Bertz CT molecular complexity index is 1230. The Hall–Kier alpha value is -3.45. The van der Waals surface area contributed by atoms with Gasteiger partial charge in [-0.3, -0.25) is 14.6 Å². The average Bonchev–Trinajstić information content (AvgIpc) is 2.79. The van der Waals surface area contributed by atoms with Crippen LogP contribution in [0.3, 0.4) is 0 Å². The third-order valence-corrected chi connectivity index (χ3v) is 6.03. The Morgan fingerprint density at radius 2 is 2.09 bits per heavy atom. The summed E-state index contributed by atoms with van der Waals surface area (Å²) in [5.74, 6) is -0.00538. The number of carbonyl (C=O) groups excluding carboxylic acids is 2. The van der Waals surface area contributed by atoms with Gasteiger partial charge in [0.1, 0.15) is 23.9 Å². The summed E-state index contributed by atoms with van der Waals surface area (Å²) < 4.78 is 25.8. The van der Waals surface area contributed by atoms with E-state index in [9.17, 15) is 14.0 Å². The molecule has 168 valence electrons. The number of benzene rings is 2. The summed E-state index contributed by atoms with van der Waals surface area (Å²) in [5, 5.41) is 0.598. The Kier molecular flexibility index (Phi) is 5.72. The molecule has 0 saturated carbocycles. The molecule has 1 amide bonds. The molecule has 2 aromatic carbocycles. The van der Waals surface area contributed by atoms with Crippen LogP contribution in [0.15, 0.2) is 54.9 Å². The zero-order valence-corrected chi connectivity index (χ0v) is 18.3. The Labute approximate surface area is 194 Å². The molecule has 0 aliphatic carbocycles. The van der Waals surface area contributed by atoms with Crippen molar-refractivity contribution in [2.45, 2.75) is 6.42 Å². The van der Waals surface area contributed by atoms with Crippen LogP contribution in [0, 0.1) is 11.7 Å². The van der Waals surface area contributed by atoms with Crippen LogP contribution in [0.4, 0.5) is 4.39 Å². The molecule has 0 atom stereocenters. The molecule has 6 nitrogen and oxygen atoms in total. The van der Waals surface area contributed by atoms with Crippen molar-refractivity contribution in [2.75, 3.05) is 26.3 Å². The minimum absolute atomic E-state index is 0.0389. The van der Waals surface area contributed by atoms with Crippen molar-refractivity contribution in [1.82, 2.24) is 9.88 Å². The predicted molar refractivity (Wildman–Crippen MR) is 120 cm³/mol. The molecule has 0 bridgehead atoms. The number of likely N-dealkylation sites (tertiary alicyclic amines) is 1. The molecule has 3 aromatic rings. The first kappa shape index (κ1) is 21.4. The number of fused-ring (bicyclic) bond motifs is 1. The predicted octanol–water partition coefficient (Wildman–Crippen LogP) is 4.20. The number of ether oxygens (including phenoxy) is 2. The van der Waals surface area contributed by atoms with Crippen molar-refractivity contribution in [1.29, 1.82) is 0 Å². The number of hydrogen-bond acceptors (Lipinski definition) is 5. The summed E-state index contributed by atoms with van der Waals surface area (Å²) in [6, 6.07) is 11.8. The standard InChI is InChI=1S/C25H20ClFN2O4/c26-18-3-4-23(20(8-18)16-2-1-5-28-10-16)32-13-15-11-29(12-15)25(31)21-7-17-6-19(30)14-33-24(17)9-22(21)27/h1-5,7-10,15H,6,11-14H2. The molecule has 5 rings (SSSR count). The maximum Gasteiger partial charge on any atom is 0.256 e. The van der Waals surface area contributed by atoms with E-state index < -0.39 is 11.7 Å². The number of aromatic nitrogens is 1. The van der Waals surface area contributed by atoms with E-state index in [1.54, 1.807) is 23.4 Å². The van der Waals surface area contributed by atoms with E-state index in [1.807, 2.05) is 24.3 Å². The summed E-state index contributed by atoms with van der Waals surface area (Å²) in [5.41, 5.74) is 2.24. The molecule has 2 aliphatic rings. The van der Waals surface area contributed by atoms with E-state index in [0.717, 1.165) is 11.1 Å². The molecule has 2 aliphatic heterocycles. The number of rotatable bonds is 5. The maximum absolute atomic E-state index is 14.5. The van der Waals surface area contributed by atoms with Crippen LogP contribution in [0.2, 0.25) is 5.02 Å². The van der Waals surface area contributed by atoms with Gasteiger partial charge in [0.05, 0.1) is 12.2 Å². The molecule has 0 radical (unpaired) electrons. The van der Waals surface area contributed by atoms with Crippen molar-refractivity contribution < 1.29 is 23.5 Å². The number of nitrogens with zero attached hydrogens (tertiary/aromatic N) is 2. The molecule has 8 heteroatoms. The molecule has 1 aromatic heterocycles. The van der Waals surface area contributed by atoms with E-state index in [-0.39, 0.29) is 30.3 Å². The van der Waals surface area contributed by atoms with E-state index in [2.05, 4.69) is 4.98 Å². The fourth-order valence-electron chi connectivity index (χ4n) is 4.05. The number of pyridine rings is 1. The van der Waals surface area contributed by atoms with Gasteiger partial charge in [0.15, 0.2) is 5.78 Å². The second-order valence-corrected chi connectivity index (χ2v) is 8.65. The molecule has 33 heavy (non-hydrogen) atoms. The van der Waals surface area contributed by atoms with E-state index in [4.69, 9.17) is 21.1 Å². The fraction of sp³-hybridized carbons (Fsp3) is 0.240. The summed E-state index contributed by atoms with van der Waals surface area (Å²) in [4.78, 5) is 30.2. The number of Topliss-reactive ketones (excluding diaryl/α,β-unsaturated/α-hetero) is 1. The van der Waals surface area contributed by atoms with E-state index in [1.165, 1.54) is 12.1 Å². The highest BCUT2D eigenvalue weighted by Crippen LogP contribution is 2.33. The highest BCUT2D eigenvalue weighted by atomic mass is 35.5. The molecule has 0 unspecified atom stereocenters. The minimum Gasteiger partial charge on any atom is -0.493 e. The van der Waals surface area contributed by atoms with E-state index >= 15 is 0 Å². The molecule has 3 heterocycles. The quantitative estimate of drug-likeness (QED) is 0.564. The Balaban J connectivity index is 1.22. The molecule has 1 saturated heterocycles. The van der Waals surface area contributed by atoms with Gasteiger partial charge in [-0.15, -0.1) is 0 Å². The van der Waals surface area contributed by atoms with Crippen molar-refractivity contribution in [3.05, 3.63) is 76.8 Å². The molecular weight excluding hydrogens is 447 g/mol. The van der Waals surface area contributed by atoms with Crippen LogP contribution in [0.25, 0.3) is 11.1 Å².